The van der Waals surface area contributed by atoms with Gasteiger partial charge in [0.15, 0.2) is 0 Å². The number of amides is 2. The lowest BCUT2D eigenvalue weighted by molar-refractivity contribution is 0.190. The molecule has 1 atom stereocenters. The largest absolute Gasteiger partial charge is 0.491 e. The summed E-state index contributed by atoms with van der Waals surface area (Å²) < 4.78 is 7.78. The molecule has 0 saturated carbocycles. The van der Waals surface area contributed by atoms with E-state index in [-0.39, 0.29) is 18.7 Å². The third-order valence-corrected chi connectivity index (χ3v) is 5.21. The molecule has 7 nitrogen and oxygen atoms in total. The summed E-state index contributed by atoms with van der Waals surface area (Å²) in [6.07, 6.45) is 1.86. The van der Waals surface area contributed by atoms with Crippen LogP contribution in [0, 0.1) is 0 Å². The van der Waals surface area contributed by atoms with Crippen LogP contribution in [0.1, 0.15) is 49.7 Å². The second-order valence-electron chi connectivity index (χ2n) is 7.16. The molecule has 3 rings (SSSR count). The Morgan fingerprint density at radius 1 is 1.39 bits per heavy atom. The van der Waals surface area contributed by atoms with E-state index in [0.717, 1.165) is 42.0 Å². The molecule has 0 spiro atoms. The number of carbonyl (C=O) groups excluding carboxylic acids is 1. The summed E-state index contributed by atoms with van der Waals surface area (Å²) in [6.45, 7) is 8.40. The molecule has 1 aliphatic rings. The minimum absolute atomic E-state index is 0.103. The molecule has 1 aromatic carbocycles. The van der Waals surface area contributed by atoms with Gasteiger partial charge in [0.1, 0.15) is 5.75 Å². The van der Waals surface area contributed by atoms with Crippen molar-refractivity contribution in [1.29, 1.82) is 0 Å². The van der Waals surface area contributed by atoms with Gasteiger partial charge in [-0.3, -0.25) is 4.68 Å². The Kier molecular flexibility index (Phi) is 6.57. The molecule has 0 fully saturated rings. The lowest BCUT2D eigenvalue weighted by atomic mass is 10.1. The fraction of sp³-hybridized carbons (Fsp3) is 0.524. The van der Waals surface area contributed by atoms with Gasteiger partial charge < -0.3 is 20.1 Å². The molecule has 1 aromatic heterocycles. The van der Waals surface area contributed by atoms with E-state index in [1.165, 1.54) is 0 Å². The minimum atomic E-state index is -0.105. The highest BCUT2D eigenvalue weighted by Gasteiger charge is 2.26. The van der Waals surface area contributed by atoms with Crippen LogP contribution in [0.3, 0.4) is 0 Å². The van der Waals surface area contributed by atoms with Crippen LogP contribution in [-0.2, 0) is 32.7 Å². The molecule has 1 aliphatic heterocycles. The molecule has 2 N–H and O–H groups in total. The van der Waals surface area contributed by atoms with E-state index < -0.39 is 0 Å². The molecule has 2 heterocycles. The molecule has 152 valence electrons. The number of aromatic nitrogens is 2. The van der Waals surface area contributed by atoms with Crippen LogP contribution >= 0.6 is 0 Å². The Morgan fingerprint density at radius 3 is 2.93 bits per heavy atom. The molecular formula is C21H30N4O3. The molecule has 2 aromatic rings. The van der Waals surface area contributed by atoms with Gasteiger partial charge in [-0.15, -0.1) is 0 Å². The van der Waals surface area contributed by atoms with Crippen LogP contribution in [0.2, 0.25) is 0 Å². The first-order chi connectivity index (χ1) is 13.5. The lowest BCUT2D eigenvalue weighted by Crippen LogP contribution is -2.42. The highest BCUT2D eigenvalue weighted by Crippen LogP contribution is 2.23. The number of urea groups is 1. The zero-order valence-corrected chi connectivity index (χ0v) is 16.9. The van der Waals surface area contributed by atoms with Gasteiger partial charge in [-0.2, -0.15) is 5.10 Å². The second kappa shape index (κ2) is 9.10. The Labute approximate surface area is 166 Å². The maximum atomic E-state index is 12.7. The van der Waals surface area contributed by atoms with Gasteiger partial charge >= 0.3 is 6.03 Å². The summed E-state index contributed by atoms with van der Waals surface area (Å²) in [5, 5.41) is 17.0. The standard InChI is InChI=1S/C21H30N4O3/c1-4-15(3)28-17-8-6-7-16(11-17)12-22-21(27)24-10-9-20-18(13-24)19(14-26)23-25(20)5-2/h6-8,11,15,26H,4-5,9-10,12-14H2,1-3H3,(H,22,27). The van der Waals surface area contributed by atoms with Crippen molar-refractivity contribution >= 4 is 6.03 Å². The van der Waals surface area contributed by atoms with Gasteiger partial charge in [-0.05, 0) is 38.0 Å². The maximum Gasteiger partial charge on any atom is 0.317 e. The van der Waals surface area contributed by atoms with Crippen LogP contribution in [-0.4, -0.2) is 38.5 Å². The van der Waals surface area contributed by atoms with Crippen LogP contribution < -0.4 is 10.1 Å². The summed E-state index contributed by atoms with van der Waals surface area (Å²) in [7, 11) is 0. The zero-order valence-electron chi connectivity index (χ0n) is 16.9. The summed E-state index contributed by atoms with van der Waals surface area (Å²) in [5.41, 5.74) is 3.78. The number of nitrogens with one attached hydrogen (secondary N) is 1. The average Bonchev–Trinajstić information content (AvgIpc) is 3.09. The topological polar surface area (TPSA) is 79.6 Å². The summed E-state index contributed by atoms with van der Waals surface area (Å²) in [4.78, 5) is 14.4. The minimum Gasteiger partial charge on any atom is -0.491 e. The number of ether oxygens (including phenoxy) is 1. The van der Waals surface area contributed by atoms with Crippen LogP contribution in [0.4, 0.5) is 4.79 Å². The molecule has 1 unspecified atom stereocenters. The van der Waals surface area contributed by atoms with Gasteiger partial charge in [0, 0.05) is 37.3 Å². The van der Waals surface area contributed by atoms with Gasteiger partial charge in [-0.1, -0.05) is 19.1 Å². The van der Waals surface area contributed by atoms with Gasteiger partial charge in [0.25, 0.3) is 0 Å². The van der Waals surface area contributed by atoms with E-state index in [1.54, 1.807) is 4.90 Å². The number of nitrogens with zero attached hydrogens (tertiary/aromatic N) is 3. The number of rotatable bonds is 7. The predicted octanol–water partition coefficient (Wildman–Crippen LogP) is 2.84. The van der Waals surface area contributed by atoms with E-state index in [9.17, 15) is 9.90 Å². The molecule has 0 radical (unpaired) electrons. The van der Waals surface area contributed by atoms with Crippen molar-refractivity contribution in [1.82, 2.24) is 20.0 Å². The molecule has 0 aliphatic carbocycles. The van der Waals surface area contributed by atoms with Crippen molar-refractivity contribution in [2.75, 3.05) is 6.54 Å². The van der Waals surface area contributed by atoms with Gasteiger partial charge in [0.05, 0.1) is 24.9 Å². The quantitative estimate of drug-likeness (QED) is 0.767. The fourth-order valence-corrected chi connectivity index (χ4v) is 3.46. The van der Waals surface area contributed by atoms with Crippen molar-refractivity contribution in [3.63, 3.8) is 0 Å². The number of aryl methyl sites for hydroxylation is 1. The van der Waals surface area contributed by atoms with E-state index in [1.807, 2.05) is 42.8 Å². The van der Waals surface area contributed by atoms with Crippen LogP contribution in [0.25, 0.3) is 0 Å². The van der Waals surface area contributed by atoms with Gasteiger partial charge in [-0.25, -0.2) is 4.79 Å². The molecule has 0 bridgehead atoms. The van der Waals surface area contributed by atoms with Crippen molar-refractivity contribution in [2.45, 2.75) is 66.0 Å². The monoisotopic (exact) mass is 386 g/mol. The Balaban J connectivity index is 1.60. The average molecular weight is 386 g/mol. The van der Waals surface area contributed by atoms with Crippen LogP contribution in [0.15, 0.2) is 24.3 Å². The van der Waals surface area contributed by atoms with Crippen molar-refractivity contribution in [3.05, 3.63) is 46.8 Å². The summed E-state index contributed by atoms with van der Waals surface area (Å²) in [5.74, 6) is 0.822. The van der Waals surface area contributed by atoms with E-state index in [4.69, 9.17) is 4.74 Å². The normalized spacial score (nSPS) is 14.5. The number of hydrogen-bond donors (Lipinski definition) is 2. The van der Waals surface area contributed by atoms with Crippen molar-refractivity contribution in [2.24, 2.45) is 0 Å². The molecule has 0 saturated heterocycles. The smallest absolute Gasteiger partial charge is 0.317 e. The number of benzene rings is 1. The zero-order chi connectivity index (χ0) is 20.1. The highest BCUT2D eigenvalue weighted by molar-refractivity contribution is 5.74. The number of fused-ring (bicyclic) bond motifs is 1. The molecule has 2 amide bonds. The van der Waals surface area contributed by atoms with Crippen molar-refractivity contribution < 1.29 is 14.6 Å². The highest BCUT2D eigenvalue weighted by atomic mass is 16.5. The van der Waals surface area contributed by atoms with E-state index in [0.29, 0.717) is 25.3 Å². The Bertz CT molecular complexity index is 818. The van der Waals surface area contributed by atoms with Crippen molar-refractivity contribution in [3.8, 4) is 5.75 Å². The first-order valence-electron chi connectivity index (χ1n) is 10.0. The summed E-state index contributed by atoms with van der Waals surface area (Å²) >= 11 is 0. The first-order valence-corrected chi connectivity index (χ1v) is 10.0. The SMILES string of the molecule is CCC(C)Oc1cccc(CNC(=O)N2CCc3c(c(CO)nn3CC)C2)c1. The number of carbonyl (C=O) groups is 1. The predicted molar refractivity (Wildman–Crippen MR) is 107 cm³/mol. The molecular weight excluding hydrogens is 356 g/mol. The van der Waals surface area contributed by atoms with E-state index >= 15 is 0 Å². The number of hydrogen-bond acceptors (Lipinski definition) is 4. The number of aliphatic hydroxyl groups is 1. The van der Waals surface area contributed by atoms with Crippen LogP contribution in [0.5, 0.6) is 5.75 Å². The maximum absolute atomic E-state index is 12.7. The molecule has 7 heteroatoms. The molecule has 28 heavy (non-hydrogen) atoms. The third-order valence-electron chi connectivity index (χ3n) is 5.21. The van der Waals surface area contributed by atoms with E-state index in [2.05, 4.69) is 17.3 Å². The first kappa shape index (κ1) is 20.2. The Hall–Kier alpha value is -2.54. The third kappa shape index (κ3) is 4.47. The van der Waals surface area contributed by atoms with Gasteiger partial charge in [0.2, 0.25) is 0 Å². The Morgan fingerprint density at radius 2 is 2.21 bits per heavy atom. The number of aliphatic hydroxyl groups excluding tert-OH is 1. The summed E-state index contributed by atoms with van der Waals surface area (Å²) in [6, 6.07) is 7.72. The fourth-order valence-electron chi connectivity index (χ4n) is 3.46. The second-order valence-corrected chi connectivity index (χ2v) is 7.16. The lowest BCUT2D eigenvalue weighted by Gasteiger charge is -2.28.